The van der Waals surface area contributed by atoms with E-state index in [0.29, 0.717) is 6.42 Å². The molecule has 29 heavy (non-hydrogen) atoms. The van der Waals surface area contributed by atoms with Crippen LogP contribution in [0.15, 0.2) is 73.6 Å². The SMILES string of the molecule is C=CCc1cnc(-c2ccc(-c3ccc(C#CCCCC(C)F)cc3)cc2)cn1. The number of hydrogen-bond acceptors (Lipinski definition) is 2. The second kappa shape index (κ2) is 10.3. The average molecular weight is 384 g/mol. The monoisotopic (exact) mass is 384 g/mol. The molecule has 1 unspecified atom stereocenters. The predicted molar refractivity (Wildman–Crippen MR) is 118 cm³/mol. The second-order valence-corrected chi connectivity index (χ2v) is 7.02. The third kappa shape index (κ3) is 6.12. The Morgan fingerprint density at radius 3 is 2.21 bits per heavy atom. The van der Waals surface area contributed by atoms with Crippen LogP contribution in [0.5, 0.6) is 0 Å². The Bertz CT molecular complexity index is 976. The number of unbranched alkanes of at least 4 members (excludes halogenated alkanes) is 1. The fourth-order valence-corrected chi connectivity index (χ4v) is 2.97. The summed E-state index contributed by atoms with van der Waals surface area (Å²) in [6.45, 7) is 5.31. The van der Waals surface area contributed by atoms with Gasteiger partial charge in [-0.2, -0.15) is 0 Å². The largest absolute Gasteiger partial charge is 0.257 e. The van der Waals surface area contributed by atoms with E-state index in [1.807, 2.05) is 18.2 Å². The molecule has 0 radical (unpaired) electrons. The van der Waals surface area contributed by atoms with E-state index >= 15 is 0 Å². The number of halogens is 1. The lowest BCUT2D eigenvalue weighted by molar-refractivity contribution is 0.336. The van der Waals surface area contributed by atoms with Gasteiger partial charge in [-0.3, -0.25) is 9.97 Å². The smallest absolute Gasteiger partial charge is 0.0973 e. The van der Waals surface area contributed by atoms with E-state index in [-0.39, 0.29) is 0 Å². The fourth-order valence-electron chi connectivity index (χ4n) is 2.97. The van der Waals surface area contributed by atoms with E-state index in [4.69, 9.17) is 0 Å². The highest BCUT2D eigenvalue weighted by atomic mass is 19.1. The van der Waals surface area contributed by atoms with Gasteiger partial charge in [-0.05, 0) is 43.0 Å². The van der Waals surface area contributed by atoms with E-state index in [1.54, 1.807) is 19.3 Å². The number of alkyl halides is 1. The minimum Gasteiger partial charge on any atom is -0.257 e. The van der Waals surface area contributed by atoms with Gasteiger partial charge in [0.1, 0.15) is 0 Å². The van der Waals surface area contributed by atoms with Crippen LogP contribution in [0.4, 0.5) is 4.39 Å². The molecule has 3 rings (SSSR count). The lowest BCUT2D eigenvalue weighted by atomic mass is 10.0. The highest BCUT2D eigenvalue weighted by molar-refractivity contribution is 5.69. The Morgan fingerprint density at radius 1 is 0.966 bits per heavy atom. The van der Waals surface area contributed by atoms with E-state index < -0.39 is 6.17 Å². The highest BCUT2D eigenvalue weighted by Gasteiger charge is 2.03. The molecule has 0 fully saturated rings. The lowest BCUT2D eigenvalue weighted by Gasteiger charge is -2.05. The standard InChI is InChI=1S/C26H25FN2/c1-3-7-25-18-29-26(19-28-25)24-16-14-23(15-17-24)22-12-10-21(11-13-22)9-6-4-5-8-20(2)27/h3,10-20H,1,4-5,7-8H2,2H3. The van der Waals surface area contributed by atoms with E-state index in [0.717, 1.165) is 52.9 Å². The minimum absolute atomic E-state index is 0.578. The third-order valence-corrected chi connectivity index (χ3v) is 4.59. The van der Waals surface area contributed by atoms with Crippen molar-refractivity contribution in [2.45, 2.75) is 38.8 Å². The van der Waals surface area contributed by atoms with Gasteiger partial charge in [0.05, 0.1) is 23.8 Å². The summed E-state index contributed by atoms with van der Waals surface area (Å²) >= 11 is 0. The number of benzene rings is 2. The molecule has 0 amide bonds. The molecule has 0 spiro atoms. The lowest BCUT2D eigenvalue weighted by Crippen LogP contribution is -1.91. The Balaban J connectivity index is 1.64. The molecule has 0 aliphatic heterocycles. The fraction of sp³-hybridized carbons (Fsp3) is 0.231. The molecule has 1 atom stereocenters. The molecule has 0 bridgehead atoms. The minimum atomic E-state index is -0.744. The molecule has 0 aliphatic rings. The van der Waals surface area contributed by atoms with Crippen molar-refractivity contribution in [3.8, 4) is 34.2 Å². The van der Waals surface area contributed by atoms with Gasteiger partial charge >= 0.3 is 0 Å². The zero-order valence-electron chi connectivity index (χ0n) is 16.7. The van der Waals surface area contributed by atoms with Crippen LogP contribution in [-0.4, -0.2) is 16.1 Å². The van der Waals surface area contributed by atoms with Crippen molar-refractivity contribution in [2.24, 2.45) is 0 Å². The Hall–Kier alpha value is -3.25. The van der Waals surface area contributed by atoms with Gasteiger partial charge in [-0.15, -0.1) is 6.58 Å². The molecule has 2 nitrogen and oxygen atoms in total. The van der Waals surface area contributed by atoms with Crippen molar-refractivity contribution >= 4 is 0 Å². The van der Waals surface area contributed by atoms with Crippen molar-refractivity contribution in [1.82, 2.24) is 9.97 Å². The number of rotatable bonds is 7. The van der Waals surface area contributed by atoms with Gasteiger partial charge in [-0.25, -0.2) is 4.39 Å². The Kier molecular flexibility index (Phi) is 7.30. The van der Waals surface area contributed by atoms with Crippen LogP contribution in [0.3, 0.4) is 0 Å². The van der Waals surface area contributed by atoms with Crippen LogP contribution >= 0.6 is 0 Å². The predicted octanol–water partition coefficient (Wildman–Crippen LogP) is 6.42. The summed E-state index contributed by atoms with van der Waals surface area (Å²) in [5.74, 6) is 6.27. The van der Waals surface area contributed by atoms with Crippen LogP contribution in [0, 0.1) is 11.8 Å². The molecule has 3 aromatic rings. The quantitative estimate of drug-likeness (QED) is 0.267. The molecule has 1 aromatic heterocycles. The van der Waals surface area contributed by atoms with E-state index in [9.17, 15) is 4.39 Å². The second-order valence-electron chi connectivity index (χ2n) is 7.02. The van der Waals surface area contributed by atoms with Gasteiger partial charge in [0.15, 0.2) is 0 Å². The van der Waals surface area contributed by atoms with Crippen molar-refractivity contribution in [2.75, 3.05) is 0 Å². The van der Waals surface area contributed by atoms with Crippen LogP contribution in [0.2, 0.25) is 0 Å². The van der Waals surface area contributed by atoms with Crippen molar-refractivity contribution in [3.05, 3.63) is 84.8 Å². The summed E-state index contributed by atoms with van der Waals surface area (Å²) in [5, 5.41) is 0. The Labute approximate surface area is 172 Å². The van der Waals surface area contributed by atoms with Crippen molar-refractivity contribution in [3.63, 3.8) is 0 Å². The molecule has 1 heterocycles. The summed E-state index contributed by atoms with van der Waals surface area (Å²) in [4.78, 5) is 8.90. The number of allylic oxidation sites excluding steroid dienone is 1. The summed E-state index contributed by atoms with van der Waals surface area (Å²) in [5.41, 5.74) is 6.07. The highest BCUT2D eigenvalue weighted by Crippen LogP contribution is 2.24. The first kappa shape index (κ1) is 20.5. The third-order valence-electron chi connectivity index (χ3n) is 4.59. The molecule has 0 saturated carbocycles. The molecule has 146 valence electrons. The summed E-state index contributed by atoms with van der Waals surface area (Å²) in [6.07, 6.45) is 7.51. The molecular formula is C26H25FN2. The summed E-state index contributed by atoms with van der Waals surface area (Å²) < 4.78 is 12.8. The molecule has 2 aromatic carbocycles. The molecule has 3 heteroatoms. The van der Waals surface area contributed by atoms with Crippen molar-refractivity contribution in [1.29, 1.82) is 0 Å². The normalized spacial score (nSPS) is 11.4. The van der Waals surface area contributed by atoms with Gasteiger partial charge in [0.25, 0.3) is 0 Å². The first-order valence-electron chi connectivity index (χ1n) is 9.91. The average Bonchev–Trinajstić information content (AvgIpc) is 2.75. The van der Waals surface area contributed by atoms with Gasteiger partial charge in [0.2, 0.25) is 0 Å². The topological polar surface area (TPSA) is 25.8 Å². The maximum absolute atomic E-state index is 12.8. The van der Waals surface area contributed by atoms with Gasteiger partial charge < -0.3 is 0 Å². The van der Waals surface area contributed by atoms with Gasteiger partial charge in [-0.1, -0.05) is 54.3 Å². The number of aromatic nitrogens is 2. The van der Waals surface area contributed by atoms with Crippen LogP contribution in [0.1, 0.15) is 37.4 Å². The molecule has 0 aliphatic carbocycles. The zero-order valence-corrected chi connectivity index (χ0v) is 16.7. The van der Waals surface area contributed by atoms with Gasteiger partial charge in [0, 0.05) is 30.2 Å². The maximum atomic E-state index is 12.8. The molecule has 0 saturated heterocycles. The Morgan fingerprint density at radius 2 is 1.62 bits per heavy atom. The number of hydrogen-bond donors (Lipinski definition) is 0. The van der Waals surface area contributed by atoms with Crippen molar-refractivity contribution < 1.29 is 4.39 Å². The maximum Gasteiger partial charge on any atom is 0.0973 e. The first-order chi connectivity index (χ1) is 14.2. The zero-order chi connectivity index (χ0) is 20.5. The first-order valence-corrected chi connectivity index (χ1v) is 9.91. The van der Waals surface area contributed by atoms with Crippen LogP contribution in [-0.2, 0) is 6.42 Å². The number of nitrogens with zero attached hydrogens (tertiary/aromatic N) is 2. The van der Waals surface area contributed by atoms with Crippen LogP contribution in [0.25, 0.3) is 22.4 Å². The van der Waals surface area contributed by atoms with Crippen LogP contribution < -0.4 is 0 Å². The molecular weight excluding hydrogens is 359 g/mol. The van der Waals surface area contributed by atoms with E-state index in [2.05, 4.69) is 64.8 Å². The van der Waals surface area contributed by atoms with E-state index in [1.165, 1.54) is 0 Å². The molecule has 0 N–H and O–H groups in total. The summed E-state index contributed by atoms with van der Waals surface area (Å²) in [6, 6.07) is 16.5. The summed E-state index contributed by atoms with van der Waals surface area (Å²) in [7, 11) is 0.